The SMILES string of the molecule is CC/C(=C\C=C/CNC(=O)c1ccc2occc2c1)C1(C)CCSC(N)=N1. The first-order chi connectivity index (χ1) is 13.0. The number of thioether (sulfide) groups is 1. The standard InChI is InChI=1S/C21H25N3O2S/c1-3-17(21(2)10-13-27-20(22)24-21)6-4-5-11-23-19(25)16-7-8-18-15(14-16)9-12-26-18/h4-9,12,14H,3,10-11,13H2,1-2H3,(H2,22,24)(H,23,25)/b5-4-,17-6+. The van der Waals surface area contributed by atoms with Crippen molar-refractivity contribution >= 4 is 33.8 Å². The van der Waals surface area contributed by atoms with Gasteiger partial charge in [-0.3, -0.25) is 9.79 Å². The smallest absolute Gasteiger partial charge is 0.251 e. The zero-order chi connectivity index (χ0) is 19.3. The van der Waals surface area contributed by atoms with Gasteiger partial charge in [-0.1, -0.05) is 36.9 Å². The zero-order valence-electron chi connectivity index (χ0n) is 15.7. The van der Waals surface area contributed by atoms with Crippen molar-refractivity contribution in [1.29, 1.82) is 0 Å². The topological polar surface area (TPSA) is 80.6 Å². The Hall–Kier alpha value is -2.47. The third-order valence-corrected chi connectivity index (χ3v) is 5.59. The first-order valence-corrected chi connectivity index (χ1v) is 10.1. The van der Waals surface area contributed by atoms with Gasteiger partial charge < -0.3 is 15.5 Å². The maximum Gasteiger partial charge on any atom is 0.251 e. The zero-order valence-corrected chi connectivity index (χ0v) is 16.5. The van der Waals surface area contributed by atoms with Crippen LogP contribution in [-0.2, 0) is 0 Å². The number of amides is 1. The molecule has 5 nitrogen and oxygen atoms in total. The molecule has 142 valence electrons. The number of fused-ring (bicyclic) bond motifs is 1. The molecule has 6 heteroatoms. The van der Waals surface area contributed by atoms with Crippen molar-refractivity contribution in [2.24, 2.45) is 10.7 Å². The van der Waals surface area contributed by atoms with Crippen LogP contribution in [0.15, 0.2) is 63.7 Å². The molecule has 0 saturated carbocycles. The van der Waals surface area contributed by atoms with Crippen molar-refractivity contribution in [3.05, 3.63) is 59.9 Å². The fourth-order valence-corrected chi connectivity index (χ4v) is 4.18. The van der Waals surface area contributed by atoms with Crippen molar-refractivity contribution in [2.75, 3.05) is 12.3 Å². The molecule has 2 aromatic rings. The van der Waals surface area contributed by atoms with Crippen LogP contribution in [0.4, 0.5) is 0 Å². The van der Waals surface area contributed by atoms with Gasteiger partial charge in [-0.05, 0) is 49.6 Å². The van der Waals surface area contributed by atoms with Gasteiger partial charge in [0.05, 0.1) is 11.8 Å². The maximum atomic E-state index is 12.3. The molecule has 0 fully saturated rings. The molecule has 1 unspecified atom stereocenters. The lowest BCUT2D eigenvalue weighted by Crippen LogP contribution is -2.32. The molecule has 3 rings (SSSR count). The molecular formula is C21H25N3O2S. The van der Waals surface area contributed by atoms with E-state index in [9.17, 15) is 4.79 Å². The number of furan rings is 1. The van der Waals surface area contributed by atoms with E-state index >= 15 is 0 Å². The molecule has 0 spiro atoms. The minimum Gasteiger partial charge on any atom is -0.464 e. The fourth-order valence-electron chi connectivity index (χ4n) is 3.21. The Morgan fingerprint density at radius 3 is 3.07 bits per heavy atom. The summed E-state index contributed by atoms with van der Waals surface area (Å²) in [6.45, 7) is 4.73. The lowest BCUT2D eigenvalue weighted by molar-refractivity contribution is 0.0958. The Morgan fingerprint density at radius 2 is 2.30 bits per heavy atom. The second kappa shape index (κ2) is 8.48. The fraction of sp³-hybridized carbons (Fsp3) is 0.333. The average Bonchev–Trinajstić information content (AvgIpc) is 3.11. The average molecular weight is 384 g/mol. The van der Waals surface area contributed by atoms with E-state index in [1.165, 1.54) is 5.57 Å². The van der Waals surface area contributed by atoms with Crippen LogP contribution in [0.5, 0.6) is 0 Å². The van der Waals surface area contributed by atoms with Crippen molar-refractivity contribution in [2.45, 2.75) is 32.2 Å². The van der Waals surface area contributed by atoms with Gasteiger partial charge in [-0.25, -0.2) is 0 Å². The molecular weight excluding hydrogens is 358 g/mol. The number of carbonyl (C=O) groups is 1. The van der Waals surface area contributed by atoms with E-state index in [4.69, 9.17) is 10.2 Å². The van der Waals surface area contributed by atoms with Gasteiger partial charge in [-0.2, -0.15) is 0 Å². The number of aliphatic imine (C=N–C) groups is 1. The van der Waals surface area contributed by atoms with Crippen LogP contribution >= 0.6 is 11.8 Å². The summed E-state index contributed by atoms with van der Waals surface area (Å²) >= 11 is 1.61. The molecule has 0 aliphatic carbocycles. The molecule has 27 heavy (non-hydrogen) atoms. The first-order valence-electron chi connectivity index (χ1n) is 9.11. The Balaban J connectivity index is 1.58. The third-order valence-electron chi connectivity index (χ3n) is 4.80. The Labute approximate surface area is 163 Å². The highest BCUT2D eigenvalue weighted by atomic mass is 32.2. The van der Waals surface area contributed by atoms with Crippen LogP contribution in [0.3, 0.4) is 0 Å². The van der Waals surface area contributed by atoms with Crippen LogP contribution < -0.4 is 11.1 Å². The molecule has 1 atom stereocenters. The van der Waals surface area contributed by atoms with Gasteiger partial charge in [0.1, 0.15) is 5.58 Å². The summed E-state index contributed by atoms with van der Waals surface area (Å²) in [5.41, 5.74) is 8.34. The number of rotatable bonds is 6. The molecule has 0 radical (unpaired) electrons. The van der Waals surface area contributed by atoms with Gasteiger partial charge in [0.25, 0.3) is 5.91 Å². The Kier molecular flexibility index (Phi) is 6.06. The number of hydrogen-bond acceptors (Lipinski definition) is 5. The number of amidine groups is 1. The van der Waals surface area contributed by atoms with Gasteiger partial charge >= 0.3 is 0 Å². The summed E-state index contributed by atoms with van der Waals surface area (Å²) in [7, 11) is 0. The van der Waals surface area contributed by atoms with Crippen LogP contribution in [-0.4, -0.2) is 28.9 Å². The first kappa shape index (κ1) is 19.3. The largest absolute Gasteiger partial charge is 0.464 e. The predicted molar refractivity (Wildman–Crippen MR) is 113 cm³/mol. The van der Waals surface area contributed by atoms with Crippen molar-refractivity contribution in [3.63, 3.8) is 0 Å². The summed E-state index contributed by atoms with van der Waals surface area (Å²) in [6.07, 6.45) is 9.54. The lowest BCUT2D eigenvalue weighted by atomic mass is 9.87. The number of nitrogens with two attached hydrogens (primary N) is 1. The summed E-state index contributed by atoms with van der Waals surface area (Å²) in [5, 5.41) is 4.49. The molecule has 1 aromatic heterocycles. The van der Waals surface area contributed by atoms with E-state index in [-0.39, 0.29) is 11.4 Å². The van der Waals surface area contributed by atoms with Crippen LogP contribution in [0.1, 0.15) is 37.0 Å². The quantitative estimate of drug-likeness (QED) is 0.730. The van der Waals surface area contributed by atoms with Gasteiger partial charge in [0, 0.05) is 23.2 Å². The molecule has 1 aromatic carbocycles. The second-order valence-corrected chi connectivity index (χ2v) is 7.79. The highest BCUT2D eigenvalue weighted by Gasteiger charge is 2.30. The number of allylic oxidation sites excluding steroid dienone is 2. The van der Waals surface area contributed by atoms with Gasteiger partial charge in [0.15, 0.2) is 5.17 Å². The lowest BCUT2D eigenvalue weighted by Gasteiger charge is -2.31. The molecule has 0 bridgehead atoms. The van der Waals surface area contributed by atoms with E-state index < -0.39 is 0 Å². The number of hydrogen-bond donors (Lipinski definition) is 2. The van der Waals surface area contributed by atoms with E-state index in [1.807, 2.05) is 30.4 Å². The second-order valence-electron chi connectivity index (χ2n) is 6.68. The molecule has 0 saturated heterocycles. The monoisotopic (exact) mass is 383 g/mol. The van der Waals surface area contributed by atoms with Gasteiger partial charge in [0.2, 0.25) is 0 Å². The molecule has 1 aliphatic rings. The van der Waals surface area contributed by atoms with E-state index in [0.29, 0.717) is 17.3 Å². The normalized spacial score (nSPS) is 20.8. The van der Waals surface area contributed by atoms with Crippen molar-refractivity contribution in [1.82, 2.24) is 5.32 Å². The summed E-state index contributed by atoms with van der Waals surface area (Å²) in [5.74, 6) is 0.889. The van der Waals surface area contributed by atoms with E-state index in [2.05, 4.69) is 30.2 Å². The highest BCUT2D eigenvalue weighted by Crippen LogP contribution is 2.33. The number of nitrogens with zero attached hydrogens (tertiary/aromatic N) is 1. The van der Waals surface area contributed by atoms with Crippen molar-refractivity contribution in [3.8, 4) is 0 Å². The third kappa shape index (κ3) is 4.63. The minimum absolute atomic E-state index is 0.101. The molecule has 3 N–H and O–H groups in total. The number of carbonyl (C=O) groups excluding carboxylic acids is 1. The number of benzene rings is 1. The van der Waals surface area contributed by atoms with Crippen molar-refractivity contribution < 1.29 is 9.21 Å². The predicted octanol–water partition coefficient (Wildman–Crippen LogP) is 4.27. The van der Waals surface area contributed by atoms with Crippen LogP contribution in [0, 0.1) is 0 Å². The summed E-state index contributed by atoms with van der Waals surface area (Å²) in [4.78, 5) is 16.9. The maximum absolute atomic E-state index is 12.3. The highest BCUT2D eigenvalue weighted by molar-refractivity contribution is 8.13. The van der Waals surface area contributed by atoms with Crippen LogP contribution in [0.25, 0.3) is 11.0 Å². The molecule has 1 amide bonds. The summed E-state index contributed by atoms with van der Waals surface area (Å²) < 4.78 is 5.30. The van der Waals surface area contributed by atoms with E-state index in [1.54, 1.807) is 24.1 Å². The van der Waals surface area contributed by atoms with Crippen LogP contribution in [0.2, 0.25) is 0 Å². The van der Waals surface area contributed by atoms with E-state index in [0.717, 1.165) is 29.6 Å². The van der Waals surface area contributed by atoms with Gasteiger partial charge in [-0.15, -0.1) is 0 Å². The Morgan fingerprint density at radius 1 is 1.44 bits per heavy atom. The Bertz CT molecular complexity index is 913. The summed E-state index contributed by atoms with van der Waals surface area (Å²) in [6, 6.07) is 7.26. The number of nitrogens with one attached hydrogen (secondary N) is 1. The molecule has 1 aliphatic heterocycles. The molecule has 2 heterocycles. The minimum atomic E-state index is -0.225.